The molecule has 6 nitrogen and oxygen atoms in total. The predicted molar refractivity (Wildman–Crippen MR) is 78.7 cm³/mol. The molecule has 0 saturated heterocycles. The van der Waals surface area contributed by atoms with Gasteiger partial charge in [-0.05, 0) is 46.3 Å². The van der Waals surface area contributed by atoms with Gasteiger partial charge >= 0.3 is 0 Å². The molecular weight excluding hydrogens is 264 g/mol. The fourth-order valence-electron chi connectivity index (χ4n) is 1.82. The lowest BCUT2D eigenvalue weighted by Gasteiger charge is -2.20. The van der Waals surface area contributed by atoms with E-state index in [1.54, 1.807) is 6.07 Å². The van der Waals surface area contributed by atoms with Gasteiger partial charge in [-0.3, -0.25) is 0 Å². The zero-order valence-electron chi connectivity index (χ0n) is 11.8. The molecule has 7 heteroatoms. The Morgan fingerprint density at radius 1 is 1.37 bits per heavy atom. The number of benzene rings is 1. The summed E-state index contributed by atoms with van der Waals surface area (Å²) in [5, 5.41) is 3.26. The van der Waals surface area contributed by atoms with E-state index in [1.807, 2.05) is 21.0 Å². The van der Waals surface area contributed by atoms with Crippen molar-refractivity contribution >= 4 is 21.4 Å². The van der Waals surface area contributed by atoms with Crippen LogP contribution in [-0.4, -0.2) is 47.0 Å². The number of hydrogen-bond acceptors (Lipinski definition) is 5. The Morgan fingerprint density at radius 3 is 2.47 bits per heavy atom. The van der Waals surface area contributed by atoms with E-state index < -0.39 is 10.0 Å². The molecule has 108 valence electrons. The van der Waals surface area contributed by atoms with E-state index >= 15 is 0 Å². The van der Waals surface area contributed by atoms with Gasteiger partial charge in [0, 0.05) is 12.6 Å². The van der Waals surface area contributed by atoms with Crippen LogP contribution >= 0.6 is 0 Å². The van der Waals surface area contributed by atoms with Gasteiger partial charge in [0.25, 0.3) is 0 Å². The smallest absolute Gasteiger partial charge is 0.240 e. The molecule has 0 aliphatic heterocycles. The summed E-state index contributed by atoms with van der Waals surface area (Å²) in [5.41, 5.74) is 7.04. The monoisotopic (exact) mass is 286 g/mol. The maximum absolute atomic E-state index is 11.6. The Bertz CT molecular complexity index is 529. The molecule has 0 heterocycles. The number of nitrogens with zero attached hydrogens (tertiary/aromatic N) is 1. The predicted octanol–water partition coefficient (Wildman–Crippen LogP) is 0.539. The summed E-state index contributed by atoms with van der Waals surface area (Å²) < 4.78 is 25.5. The van der Waals surface area contributed by atoms with Crippen molar-refractivity contribution < 1.29 is 8.42 Å². The summed E-state index contributed by atoms with van der Waals surface area (Å²) in [7, 11) is 1.90. The molecule has 1 unspecified atom stereocenters. The quantitative estimate of drug-likeness (QED) is 0.664. The first kappa shape index (κ1) is 15.7. The van der Waals surface area contributed by atoms with E-state index in [0.717, 1.165) is 12.2 Å². The highest BCUT2D eigenvalue weighted by Crippen LogP contribution is 2.23. The van der Waals surface area contributed by atoms with Gasteiger partial charge in [0.2, 0.25) is 10.0 Å². The molecule has 0 aromatic heterocycles. The summed E-state index contributed by atoms with van der Waals surface area (Å²) in [6.45, 7) is 2.90. The molecule has 1 aromatic carbocycles. The summed E-state index contributed by atoms with van der Waals surface area (Å²) in [6.07, 6.45) is 0. The zero-order chi connectivity index (χ0) is 14.6. The number of rotatable bonds is 6. The van der Waals surface area contributed by atoms with Crippen molar-refractivity contribution in [3.8, 4) is 0 Å². The molecule has 1 aromatic rings. The second-order valence-corrected chi connectivity index (χ2v) is 6.65. The fourth-order valence-corrected chi connectivity index (χ4v) is 2.58. The SMILES string of the molecule is CNS(=O)(=O)c1ccc(NC(C)CN(C)C)c(N)c1. The van der Waals surface area contributed by atoms with E-state index in [1.165, 1.54) is 19.2 Å². The minimum absolute atomic E-state index is 0.165. The Labute approximate surface area is 115 Å². The number of likely N-dealkylation sites (N-methyl/N-ethyl adjacent to an activating group) is 1. The number of nitrogens with one attached hydrogen (secondary N) is 2. The van der Waals surface area contributed by atoms with Gasteiger partial charge in [-0.25, -0.2) is 13.1 Å². The van der Waals surface area contributed by atoms with Crippen LogP contribution in [0.25, 0.3) is 0 Å². The lowest BCUT2D eigenvalue weighted by molar-refractivity contribution is 0.392. The van der Waals surface area contributed by atoms with Gasteiger partial charge in [0.1, 0.15) is 0 Å². The fraction of sp³-hybridized carbons (Fsp3) is 0.500. The standard InChI is InChI=1S/C12H22N4O2S/c1-9(8-16(3)4)15-12-6-5-10(7-11(12)13)19(17,18)14-2/h5-7,9,14-15H,8,13H2,1-4H3. The third-order valence-corrected chi connectivity index (χ3v) is 4.05. The summed E-state index contributed by atoms with van der Waals surface area (Å²) >= 11 is 0. The van der Waals surface area contributed by atoms with Crippen LogP contribution in [0.4, 0.5) is 11.4 Å². The molecule has 0 aliphatic carbocycles. The minimum Gasteiger partial charge on any atom is -0.397 e. The molecule has 0 aliphatic rings. The highest BCUT2D eigenvalue weighted by Gasteiger charge is 2.13. The normalized spacial score (nSPS) is 13.5. The van der Waals surface area contributed by atoms with Crippen molar-refractivity contribution in [3.05, 3.63) is 18.2 Å². The third kappa shape index (κ3) is 4.38. The first-order chi connectivity index (χ1) is 8.76. The molecule has 0 bridgehead atoms. The van der Waals surface area contributed by atoms with Gasteiger partial charge < -0.3 is 16.0 Å². The number of nitrogens with two attached hydrogens (primary N) is 1. The van der Waals surface area contributed by atoms with E-state index in [9.17, 15) is 8.42 Å². The van der Waals surface area contributed by atoms with E-state index in [4.69, 9.17) is 5.73 Å². The molecule has 0 spiro atoms. The van der Waals surface area contributed by atoms with Crippen molar-refractivity contribution in [2.24, 2.45) is 0 Å². The number of anilines is 2. The maximum atomic E-state index is 11.6. The summed E-state index contributed by atoms with van der Waals surface area (Å²) in [4.78, 5) is 2.23. The molecule has 1 atom stereocenters. The minimum atomic E-state index is -3.45. The van der Waals surface area contributed by atoms with Crippen LogP contribution < -0.4 is 15.8 Å². The highest BCUT2D eigenvalue weighted by atomic mass is 32.2. The molecular formula is C12H22N4O2S. The molecule has 0 fully saturated rings. The van der Waals surface area contributed by atoms with Crippen LogP contribution in [0.2, 0.25) is 0 Å². The Balaban J connectivity index is 2.90. The Morgan fingerprint density at radius 2 is 2.00 bits per heavy atom. The zero-order valence-corrected chi connectivity index (χ0v) is 12.6. The Hall–Kier alpha value is -1.31. The number of hydrogen-bond donors (Lipinski definition) is 3. The topological polar surface area (TPSA) is 87.5 Å². The van der Waals surface area contributed by atoms with Gasteiger partial charge in [-0.15, -0.1) is 0 Å². The highest BCUT2D eigenvalue weighted by molar-refractivity contribution is 7.89. The molecule has 4 N–H and O–H groups in total. The van der Waals surface area contributed by atoms with Gasteiger partial charge in [-0.1, -0.05) is 0 Å². The van der Waals surface area contributed by atoms with Crippen molar-refractivity contribution in [2.45, 2.75) is 17.9 Å². The van der Waals surface area contributed by atoms with Crippen molar-refractivity contribution in [1.29, 1.82) is 0 Å². The van der Waals surface area contributed by atoms with E-state index in [-0.39, 0.29) is 10.9 Å². The van der Waals surface area contributed by atoms with Crippen LogP contribution in [0.1, 0.15) is 6.92 Å². The molecule has 0 amide bonds. The largest absolute Gasteiger partial charge is 0.397 e. The number of sulfonamides is 1. The molecule has 19 heavy (non-hydrogen) atoms. The van der Waals surface area contributed by atoms with Crippen molar-refractivity contribution in [2.75, 3.05) is 38.7 Å². The summed E-state index contributed by atoms with van der Waals surface area (Å²) in [5.74, 6) is 0. The summed E-state index contributed by atoms with van der Waals surface area (Å²) in [6, 6.07) is 4.89. The first-order valence-electron chi connectivity index (χ1n) is 6.00. The second-order valence-electron chi connectivity index (χ2n) is 4.76. The van der Waals surface area contributed by atoms with Gasteiger partial charge in [0.15, 0.2) is 0 Å². The third-order valence-electron chi connectivity index (χ3n) is 2.64. The Kier molecular flexibility index (Phi) is 5.16. The van der Waals surface area contributed by atoms with Crippen LogP contribution in [0.15, 0.2) is 23.1 Å². The van der Waals surface area contributed by atoms with Gasteiger partial charge in [0.05, 0.1) is 16.3 Å². The first-order valence-corrected chi connectivity index (χ1v) is 7.49. The van der Waals surface area contributed by atoms with Crippen LogP contribution in [0, 0.1) is 0 Å². The van der Waals surface area contributed by atoms with Crippen LogP contribution in [0.3, 0.4) is 0 Å². The van der Waals surface area contributed by atoms with E-state index in [0.29, 0.717) is 5.69 Å². The second kappa shape index (κ2) is 6.23. The average Bonchev–Trinajstić information content (AvgIpc) is 2.30. The van der Waals surface area contributed by atoms with Crippen LogP contribution in [0.5, 0.6) is 0 Å². The molecule has 0 radical (unpaired) electrons. The van der Waals surface area contributed by atoms with Crippen molar-refractivity contribution in [3.63, 3.8) is 0 Å². The lowest BCUT2D eigenvalue weighted by Crippen LogP contribution is -2.30. The lowest BCUT2D eigenvalue weighted by atomic mass is 10.2. The van der Waals surface area contributed by atoms with Gasteiger partial charge in [-0.2, -0.15) is 0 Å². The maximum Gasteiger partial charge on any atom is 0.240 e. The van der Waals surface area contributed by atoms with E-state index in [2.05, 4.69) is 14.9 Å². The molecule has 0 saturated carbocycles. The van der Waals surface area contributed by atoms with Crippen LogP contribution in [-0.2, 0) is 10.0 Å². The van der Waals surface area contributed by atoms with Crippen molar-refractivity contribution in [1.82, 2.24) is 9.62 Å². The number of nitrogen functional groups attached to an aromatic ring is 1. The average molecular weight is 286 g/mol. The molecule has 1 rings (SSSR count).